The number of carbonyl (C=O) groups excluding carboxylic acids is 1. The summed E-state index contributed by atoms with van der Waals surface area (Å²) in [6.07, 6.45) is 1.68. The second kappa shape index (κ2) is 7.48. The molecular weight excluding hydrogens is 427 g/mol. The largest absolute Gasteiger partial charge is 0.468 e. The minimum atomic E-state index is -4.44. The van der Waals surface area contributed by atoms with Crippen LogP contribution in [0.25, 0.3) is 28.2 Å². The van der Waals surface area contributed by atoms with Gasteiger partial charge in [-0.3, -0.25) is 9.78 Å². The quantitative estimate of drug-likeness (QED) is 0.481. The lowest BCUT2D eigenvalue weighted by atomic mass is 10.1. The van der Waals surface area contributed by atoms with Crippen LogP contribution in [0.4, 0.5) is 13.2 Å². The minimum absolute atomic E-state index is 0.142. The van der Waals surface area contributed by atoms with E-state index in [9.17, 15) is 18.0 Å². The second-order valence-electron chi connectivity index (χ2n) is 5.90. The number of fused-ring (bicyclic) bond motifs is 1. The second-order valence-corrected chi connectivity index (χ2v) is 7.61. The van der Waals surface area contributed by atoms with E-state index in [0.29, 0.717) is 37.1 Å². The summed E-state index contributed by atoms with van der Waals surface area (Å²) in [4.78, 5) is 20.3. The molecule has 0 radical (unpaired) electrons. The number of carbonyl (C=O) groups is 1. The van der Waals surface area contributed by atoms with Crippen LogP contribution in [-0.4, -0.2) is 33.0 Å². The molecule has 4 heterocycles. The van der Waals surface area contributed by atoms with Crippen molar-refractivity contribution in [1.29, 1.82) is 0 Å². The maximum atomic E-state index is 12.2. The molecule has 3 aromatic heterocycles. The number of hydrogen-bond donors (Lipinski definition) is 1. The molecule has 1 aliphatic rings. The Hall–Kier alpha value is -2.92. The molecule has 0 spiro atoms. The number of alkyl halides is 3. The van der Waals surface area contributed by atoms with E-state index in [1.165, 1.54) is 12.3 Å². The van der Waals surface area contributed by atoms with Crippen molar-refractivity contribution in [2.24, 2.45) is 0 Å². The van der Waals surface area contributed by atoms with Gasteiger partial charge in [-0.15, -0.1) is 0 Å². The van der Waals surface area contributed by atoms with E-state index >= 15 is 0 Å². The van der Waals surface area contributed by atoms with Gasteiger partial charge in [-0.2, -0.15) is 13.2 Å². The van der Waals surface area contributed by atoms with Gasteiger partial charge in [-0.05, 0) is 12.1 Å². The average molecular weight is 437 g/mol. The summed E-state index contributed by atoms with van der Waals surface area (Å²) in [6.45, 7) is -1.41. The van der Waals surface area contributed by atoms with Gasteiger partial charge in [0.1, 0.15) is 15.7 Å². The van der Waals surface area contributed by atoms with E-state index in [1.807, 2.05) is 0 Å². The Morgan fingerprint density at radius 2 is 2.10 bits per heavy atom. The van der Waals surface area contributed by atoms with Crippen molar-refractivity contribution in [2.45, 2.75) is 6.18 Å². The van der Waals surface area contributed by atoms with Gasteiger partial charge in [0.25, 0.3) is 5.91 Å². The van der Waals surface area contributed by atoms with Gasteiger partial charge >= 0.3 is 6.18 Å². The highest BCUT2D eigenvalue weighted by molar-refractivity contribution is 8.26. The number of rotatable bonds is 4. The van der Waals surface area contributed by atoms with Crippen LogP contribution in [0.3, 0.4) is 0 Å². The summed E-state index contributed by atoms with van der Waals surface area (Å²) in [6, 6.07) is 4.63. The van der Waals surface area contributed by atoms with Gasteiger partial charge < -0.3 is 14.5 Å². The molecule has 29 heavy (non-hydrogen) atoms. The molecule has 0 aromatic carbocycles. The average Bonchev–Trinajstić information content (AvgIpc) is 3.21. The first-order valence-electron chi connectivity index (χ1n) is 8.07. The number of nitrogens with zero attached hydrogens (tertiary/aromatic N) is 2. The molecule has 1 amide bonds. The molecule has 0 bridgehead atoms. The first-order chi connectivity index (χ1) is 13.8. The fourth-order valence-electron chi connectivity index (χ4n) is 2.59. The van der Waals surface area contributed by atoms with Crippen LogP contribution in [0.1, 0.15) is 5.76 Å². The van der Waals surface area contributed by atoms with Crippen LogP contribution in [-0.2, 0) is 4.79 Å². The maximum absolute atomic E-state index is 12.2. The van der Waals surface area contributed by atoms with Crippen molar-refractivity contribution < 1.29 is 27.1 Å². The molecule has 0 saturated carbocycles. The third kappa shape index (κ3) is 4.40. The summed E-state index contributed by atoms with van der Waals surface area (Å²) < 4.78 is 47.6. The molecule has 1 aliphatic heterocycles. The zero-order chi connectivity index (χ0) is 20.6. The fourth-order valence-corrected chi connectivity index (χ4v) is 3.61. The van der Waals surface area contributed by atoms with E-state index in [-0.39, 0.29) is 11.8 Å². The molecule has 0 unspecified atom stereocenters. The zero-order valence-electron chi connectivity index (χ0n) is 14.3. The standard InChI is InChI=1S/C18H10F3N3O3S2/c19-18(20,21)8-26-14-2-1-9(6-23-14)12-7-22-5-10-3-11(27-15(10)12)4-13-16(25)24-17(28)29-13/h1-7H,8H2,(H,24,25,28)/b13-4-. The highest BCUT2D eigenvalue weighted by atomic mass is 32.2. The minimum Gasteiger partial charge on any atom is -0.468 e. The monoisotopic (exact) mass is 437 g/mol. The SMILES string of the molecule is O=C1NC(=S)S/C1=C\c1cc2cncc(-c3ccc(OCC(F)(F)F)nc3)c2o1. The van der Waals surface area contributed by atoms with Gasteiger partial charge in [0.05, 0.1) is 4.91 Å². The summed E-state index contributed by atoms with van der Waals surface area (Å²) in [5, 5.41) is 3.22. The molecule has 1 N–H and O–H groups in total. The Bertz CT molecular complexity index is 1140. The first kappa shape index (κ1) is 19.4. The van der Waals surface area contributed by atoms with Crippen molar-refractivity contribution >= 4 is 51.3 Å². The normalized spacial score (nSPS) is 15.9. The van der Waals surface area contributed by atoms with Crippen LogP contribution in [0, 0.1) is 0 Å². The lowest BCUT2D eigenvalue weighted by Crippen LogP contribution is -2.19. The highest BCUT2D eigenvalue weighted by Crippen LogP contribution is 2.33. The number of aromatic nitrogens is 2. The van der Waals surface area contributed by atoms with Crippen LogP contribution in [0.15, 0.2) is 46.1 Å². The van der Waals surface area contributed by atoms with E-state index < -0.39 is 12.8 Å². The molecule has 4 rings (SSSR count). The van der Waals surface area contributed by atoms with Gasteiger partial charge in [0.15, 0.2) is 6.61 Å². The Labute approximate surface area is 171 Å². The number of thioether (sulfide) groups is 1. The van der Waals surface area contributed by atoms with Crippen molar-refractivity contribution in [3.63, 3.8) is 0 Å². The Balaban J connectivity index is 1.63. The molecule has 1 fully saturated rings. The van der Waals surface area contributed by atoms with Crippen LogP contribution in [0.5, 0.6) is 5.88 Å². The number of amides is 1. The molecule has 3 aromatic rings. The predicted molar refractivity (Wildman–Crippen MR) is 105 cm³/mol. The summed E-state index contributed by atoms with van der Waals surface area (Å²) in [5.41, 5.74) is 1.69. The van der Waals surface area contributed by atoms with E-state index in [1.54, 1.807) is 30.6 Å². The molecule has 148 valence electrons. The number of nitrogens with one attached hydrogen (secondary N) is 1. The molecule has 6 nitrogen and oxygen atoms in total. The van der Waals surface area contributed by atoms with Crippen molar-refractivity contribution in [3.8, 4) is 17.0 Å². The van der Waals surface area contributed by atoms with Crippen molar-refractivity contribution in [3.05, 3.63) is 47.5 Å². The summed E-state index contributed by atoms with van der Waals surface area (Å²) >= 11 is 6.10. The number of hydrogen-bond acceptors (Lipinski definition) is 7. The topological polar surface area (TPSA) is 77.2 Å². The Morgan fingerprint density at radius 3 is 2.76 bits per heavy atom. The van der Waals surface area contributed by atoms with E-state index in [0.717, 1.165) is 11.8 Å². The zero-order valence-corrected chi connectivity index (χ0v) is 16.0. The lowest BCUT2D eigenvalue weighted by molar-refractivity contribution is -0.154. The van der Waals surface area contributed by atoms with Crippen LogP contribution >= 0.6 is 24.0 Å². The number of furan rings is 1. The summed E-state index contributed by atoms with van der Waals surface area (Å²) in [5.74, 6) is 0.00320. The molecule has 0 atom stereocenters. The first-order valence-corrected chi connectivity index (χ1v) is 9.29. The number of pyridine rings is 2. The Morgan fingerprint density at radius 1 is 1.28 bits per heavy atom. The van der Waals surface area contributed by atoms with Gasteiger partial charge in [-0.25, -0.2) is 4.98 Å². The van der Waals surface area contributed by atoms with Crippen molar-refractivity contribution in [1.82, 2.24) is 15.3 Å². The number of ether oxygens (including phenoxy) is 1. The van der Waals surface area contributed by atoms with Crippen molar-refractivity contribution in [2.75, 3.05) is 6.61 Å². The third-order valence-corrected chi connectivity index (χ3v) is 4.95. The molecule has 0 aliphatic carbocycles. The molecule has 1 saturated heterocycles. The van der Waals surface area contributed by atoms with Gasteiger partial charge in [-0.1, -0.05) is 24.0 Å². The van der Waals surface area contributed by atoms with E-state index in [2.05, 4.69) is 20.0 Å². The van der Waals surface area contributed by atoms with Gasteiger partial charge in [0.2, 0.25) is 5.88 Å². The van der Waals surface area contributed by atoms with Crippen LogP contribution < -0.4 is 10.1 Å². The van der Waals surface area contributed by atoms with Gasteiger partial charge in [0, 0.05) is 47.2 Å². The van der Waals surface area contributed by atoms with Crippen LogP contribution in [0.2, 0.25) is 0 Å². The predicted octanol–water partition coefficient (Wildman–Crippen LogP) is 4.32. The maximum Gasteiger partial charge on any atom is 0.422 e. The number of thiocarbonyl (C=S) groups is 1. The third-order valence-electron chi connectivity index (χ3n) is 3.79. The van der Waals surface area contributed by atoms with E-state index in [4.69, 9.17) is 16.6 Å². The molecular formula is C18H10F3N3O3S2. The lowest BCUT2D eigenvalue weighted by Gasteiger charge is -2.08. The smallest absolute Gasteiger partial charge is 0.422 e. The fraction of sp³-hybridized carbons (Fsp3) is 0.111. The molecule has 11 heteroatoms. The number of halogens is 3. The summed E-state index contributed by atoms with van der Waals surface area (Å²) in [7, 11) is 0. The Kier molecular flexibility index (Phi) is 5.01. The highest BCUT2D eigenvalue weighted by Gasteiger charge is 2.28.